The summed E-state index contributed by atoms with van der Waals surface area (Å²) in [6.07, 6.45) is 3.54. The minimum atomic E-state index is -0.635. The topological polar surface area (TPSA) is 54.9 Å². The summed E-state index contributed by atoms with van der Waals surface area (Å²) in [5.74, 6) is -0.415. The molecule has 2 aromatic heterocycles. The fourth-order valence-electron chi connectivity index (χ4n) is 3.98. The van der Waals surface area contributed by atoms with E-state index in [1.165, 1.54) is 0 Å². The Hall–Kier alpha value is -3.31. The minimum absolute atomic E-state index is 0.0565. The number of aryl methyl sites for hydroxylation is 2. The molecule has 0 unspecified atom stereocenters. The second-order valence-corrected chi connectivity index (χ2v) is 7.71. The molecule has 0 spiro atoms. The van der Waals surface area contributed by atoms with Crippen molar-refractivity contribution in [3.63, 3.8) is 0 Å². The van der Waals surface area contributed by atoms with Gasteiger partial charge >= 0.3 is 0 Å². The third-order valence-electron chi connectivity index (χ3n) is 5.29. The van der Waals surface area contributed by atoms with Crippen LogP contribution in [0.25, 0.3) is 33.2 Å². The van der Waals surface area contributed by atoms with Gasteiger partial charge in [0.25, 0.3) is 5.91 Å². The first-order chi connectivity index (χ1) is 15.0. The molecule has 1 amide bonds. The summed E-state index contributed by atoms with van der Waals surface area (Å²) >= 11 is 6.54. The van der Waals surface area contributed by atoms with Gasteiger partial charge in [-0.25, -0.2) is 9.37 Å². The highest BCUT2D eigenvalue weighted by atomic mass is 35.5. The smallest absolute Gasteiger partial charge is 0.270 e. The zero-order chi connectivity index (χ0) is 22.0. The summed E-state index contributed by atoms with van der Waals surface area (Å²) in [6, 6.07) is 15.2. The molecule has 4 nitrogen and oxygen atoms in total. The maximum absolute atomic E-state index is 12.6. The molecule has 1 N–H and O–H groups in total. The number of carbonyl (C=O) groups is 1. The molecule has 0 atom stereocenters. The Morgan fingerprint density at radius 1 is 1.06 bits per heavy atom. The van der Waals surface area contributed by atoms with E-state index >= 15 is 0 Å². The predicted molar refractivity (Wildman–Crippen MR) is 123 cm³/mol. The van der Waals surface area contributed by atoms with Crippen molar-refractivity contribution in [2.45, 2.75) is 13.8 Å². The van der Waals surface area contributed by atoms with Crippen molar-refractivity contribution < 1.29 is 9.18 Å². The molecule has 0 saturated heterocycles. The third-order valence-corrected chi connectivity index (χ3v) is 5.62. The maximum atomic E-state index is 12.6. The van der Waals surface area contributed by atoms with Crippen molar-refractivity contribution in [2.24, 2.45) is 0 Å². The lowest BCUT2D eigenvalue weighted by atomic mass is 9.89. The molecule has 0 fully saturated rings. The number of fused-ring (bicyclic) bond motifs is 1. The normalized spacial score (nSPS) is 11.0. The molecule has 0 aliphatic rings. The van der Waals surface area contributed by atoms with Gasteiger partial charge in [-0.1, -0.05) is 29.8 Å². The molecule has 31 heavy (non-hydrogen) atoms. The van der Waals surface area contributed by atoms with Crippen molar-refractivity contribution in [3.05, 3.63) is 82.8 Å². The number of pyridine rings is 2. The Bertz CT molecular complexity index is 1270. The Balaban J connectivity index is 2.05. The van der Waals surface area contributed by atoms with E-state index in [2.05, 4.69) is 22.2 Å². The molecule has 2 aromatic carbocycles. The molecular formula is C25H21ClFN3O. The number of hydrogen-bond donors (Lipinski definition) is 1. The predicted octanol–water partition coefficient (Wildman–Crippen LogP) is 5.93. The third kappa shape index (κ3) is 4.01. The van der Waals surface area contributed by atoms with Gasteiger partial charge in [-0.2, -0.15) is 0 Å². The lowest BCUT2D eigenvalue weighted by Crippen LogP contribution is -2.26. The monoisotopic (exact) mass is 433 g/mol. The van der Waals surface area contributed by atoms with E-state index in [0.29, 0.717) is 10.5 Å². The lowest BCUT2D eigenvalue weighted by Gasteiger charge is -2.18. The number of nitrogens with zero attached hydrogens (tertiary/aromatic N) is 2. The molecule has 0 bridgehead atoms. The van der Waals surface area contributed by atoms with Crippen LogP contribution >= 0.6 is 11.6 Å². The first-order valence-electron chi connectivity index (χ1n) is 9.95. The van der Waals surface area contributed by atoms with Crippen molar-refractivity contribution in [3.8, 4) is 22.3 Å². The van der Waals surface area contributed by atoms with Crippen LogP contribution in [0.4, 0.5) is 4.39 Å². The number of hydrogen-bond acceptors (Lipinski definition) is 3. The molecule has 156 valence electrons. The highest BCUT2D eigenvalue weighted by molar-refractivity contribution is 6.33. The minimum Gasteiger partial charge on any atom is -0.348 e. The zero-order valence-corrected chi connectivity index (χ0v) is 18.0. The van der Waals surface area contributed by atoms with Crippen LogP contribution < -0.4 is 5.32 Å². The number of benzene rings is 2. The van der Waals surface area contributed by atoms with E-state index in [4.69, 9.17) is 11.6 Å². The molecule has 0 aliphatic heterocycles. The van der Waals surface area contributed by atoms with Gasteiger partial charge in [0.2, 0.25) is 0 Å². The van der Waals surface area contributed by atoms with Gasteiger partial charge in [-0.3, -0.25) is 9.78 Å². The van der Waals surface area contributed by atoms with Crippen LogP contribution in [0, 0.1) is 13.8 Å². The van der Waals surface area contributed by atoms with Gasteiger partial charge in [-0.05, 0) is 72.0 Å². The maximum Gasteiger partial charge on any atom is 0.270 e. The van der Waals surface area contributed by atoms with Gasteiger partial charge in [0, 0.05) is 34.9 Å². The molecule has 0 radical (unpaired) electrons. The molecule has 0 saturated carbocycles. The quantitative estimate of drug-likeness (QED) is 0.424. The molecule has 0 aliphatic carbocycles. The fourth-order valence-corrected chi connectivity index (χ4v) is 4.22. The molecule has 4 aromatic rings. The van der Waals surface area contributed by atoms with Crippen LogP contribution in [0.2, 0.25) is 5.02 Å². The van der Waals surface area contributed by atoms with Crippen LogP contribution in [0.5, 0.6) is 0 Å². The first kappa shape index (κ1) is 20.9. The summed E-state index contributed by atoms with van der Waals surface area (Å²) in [6.45, 7) is 3.38. The van der Waals surface area contributed by atoms with Gasteiger partial charge in [0.15, 0.2) is 0 Å². The van der Waals surface area contributed by atoms with E-state index in [-0.39, 0.29) is 12.2 Å². The largest absolute Gasteiger partial charge is 0.348 e. The van der Waals surface area contributed by atoms with Crippen LogP contribution in [0.15, 0.2) is 60.9 Å². The van der Waals surface area contributed by atoms with Gasteiger partial charge in [-0.15, -0.1) is 0 Å². The molecule has 6 heteroatoms. The fraction of sp³-hybridized carbons (Fsp3) is 0.160. The lowest BCUT2D eigenvalue weighted by molar-refractivity contribution is 0.0946. The summed E-state index contributed by atoms with van der Waals surface area (Å²) in [5, 5.41) is 4.06. The Morgan fingerprint density at radius 2 is 1.81 bits per heavy atom. The first-order valence-corrected chi connectivity index (χ1v) is 10.3. The summed E-state index contributed by atoms with van der Waals surface area (Å²) in [5.41, 5.74) is 6.77. The van der Waals surface area contributed by atoms with Crippen molar-refractivity contribution in [1.29, 1.82) is 0 Å². The highest BCUT2D eigenvalue weighted by Gasteiger charge is 2.19. The average molecular weight is 434 g/mol. The van der Waals surface area contributed by atoms with E-state index in [9.17, 15) is 9.18 Å². The van der Waals surface area contributed by atoms with E-state index < -0.39 is 12.6 Å². The van der Waals surface area contributed by atoms with Crippen LogP contribution in [-0.4, -0.2) is 29.1 Å². The molecule has 2 heterocycles. The van der Waals surface area contributed by atoms with Gasteiger partial charge in [0.1, 0.15) is 12.4 Å². The van der Waals surface area contributed by atoms with Crippen molar-refractivity contribution in [2.75, 3.05) is 13.2 Å². The standard InChI is InChI=1S/C25H21ClFN3O/c1-15-13-21-24(16(2)23(15)17-7-10-28-11-8-17)19(18-5-3-4-6-20(18)26)14-22(30-21)25(31)29-12-9-27/h3-8,10-11,13-14H,9,12H2,1-2H3,(H,29,31). The second-order valence-electron chi connectivity index (χ2n) is 7.30. The zero-order valence-electron chi connectivity index (χ0n) is 17.2. The number of halogens is 2. The number of nitrogens with one attached hydrogen (secondary N) is 1. The van der Waals surface area contributed by atoms with Crippen LogP contribution in [-0.2, 0) is 0 Å². The SMILES string of the molecule is Cc1cc2nc(C(=O)NCCF)cc(-c3ccccc3Cl)c2c(C)c1-c1ccncc1. The second kappa shape index (κ2) is 8.82. The average Bonchev–Trinajstić information content (AvgIpc) is 2.77. The number of alkyl halides is 1. The Morgan fingerprint density at radius 3 is 2.52 bits per heavy atom. The summed E-state index contributed by atoms with van der Waals surface area (Å²) < 4.78 is 12.6. The number of carbonyl (C=O) groups excluding carboxylic acids is 1. The van der Waals surface area contributed by atoms with E-state index in [1.54, 1.807) is 18.5 Å². The molecule has 4 rings (SSSR count). The van der Waals surface area contributed by atoms with Crippen LogP contribution in [0.3, 0.4) is 0 Å². The summed E-state index contributed by atoms with van der Waals surface area (Å²) in [4.78, 5) is 21.3. The highest BCUT2D eigenvalue weighted by Crippen LogP contribution is 2.39. The van der Waals surface area contributed by atoms with E-state index in [1.807, 2.05) is 49.4 Å². The molecular weight excluding hydrogens is 413 g/mol. The van der Waals surface area contributed by atoms with Crippen LogP contribution in [0.1, 0.15) is 21.6 Å². The van der Waals surface area contributed by atoms with Gasteiger partial charge < -0.3 is 5.32 Å². The Labute approximate surface area is 185 Å². The Kier molecular flexibility index (Phi) is 5.96. The number of amides is 1. The van der Waals surface area contributed by atoms with Crippen molar-refractivity contribution in [1.82, 2.24) is 15.3 Å². The number of aromatic nitrogens is 2. The van der Waals surface area contributed by atoms with Crippen molar-refractivity contribution >= 4 is 28.4 Å². The van der Waals surface area contributed by atoms with E-state index in [0.717, 1.165) is 38.8 Å². The van der Waals surface area contributed by atoms with Gasteiger partial charge in [0.05, 0.1) is 5.52 Å². The number of rotatable bonds is 5. The summed E-state index contributed by atoms with van der Waals surface area (Å²) in [7, 11) is 0.